The van der Waals surface area contributed by atoms with Crippen molar-refractivity contribution in [3.8, 4) is 0 Å². The van der Waals surface area contributed by atoms with Crippen molar-refractivity contribution in [1.82, 2.24) is 5.43 Å². The number of halogens is 3. The quantitative estimate of drug-likeness (QED) is 0.449. The lowest BCUT2D eigenvalue weighted by Crippen LogP contribution is -2.40. The van der Waals surface area contributed by atoms with Gasteiger partial charge >= 0.3 is 0 Å². The summed E-state index contributed by atoms with van der Waals surface area (Å²) in [5, 5.41) is 1.46. The van der Waals surface area contributed by atoms with Gasteiger partial charge in [-0.15, -0.1) is 0 Å². The molecule has 4 unspecified atom stereocenters. The third-order valence-electron chi connectivity index (χ3n) is 3.53. The van der Waals surface area contributed by atoms with E-state index in [0.29, 0.717) is 20.5 Å². The summed E-state index contributed by atoms with van der Waals surface area (Å²) < 4.78 is 14.9. The second kappa shape index (κ2) is 7.20. The fourth-order valence-corrected chi connectivity index (χ4v) is 5.73. The SMILES string of the molecule is CC1SCC(C(NN)c2ccc(Br)c(Cl)c2F)SC1C. The zero-order chi connectivity index (χ0) is 14.9. The molecule has 1 aromatic carbocycles. The van der Waals surface area contributed by atoms with Crippen LogP contribution in [0.5, 0.6) is 0 Å². The van der Waals surface area contributed by atoms with Gasteiger partial charge in [0.1, 0.15) is 5.82 Å². The van der Waals surface area contributed by atoms with Crippen molar-refractivity contribution in [2.75, 3.05) is 5.75 Å². The monoisotopic (exact) mass is 398 g/mol. The summed E-state index contributed by atoms with van der Waals surface area (Å²) in [6, 6.07) is 3.26. The summed E-state index contributed by atoms with van der Waals surface area (Å²) >= 11 is 13.0. The van der Waals surface area contributed by atoms with Crippen LogP contribution >= 0.6 is 51.1 Å². The normalized spacial score (nSPS) is 28.4. The highest BCUT2D eigenvalue weighted by Gasteiger charge is 2.33. The Bertz CT molecular complexity index is 492. The number of rotatable bonds is 3. The molecule has 0 amide bonds. The zero-order valence-electron chi connectivity index (χ0n) is 11.2. The van der Waals surface area contributed by atoms with E-state index in [9.17, 15) is 4.39 Å². The van der Waals surface area contributed by atoms with Crippen molar-refractivity contribution < 1.29 is 4.39 Å². The Morgan fingerprint density at radius 2 is 2.15 bits per heavy atom. The second-order valence-electron chi connectivity index (χ2n) is 4.83. The molecule has 0 aliphatic carbocycles. The van der Waals surface area contributed by atoms with Gasteiger partial charge in [-0.1, -0.05) is 31.5 Å². The molecule has 1 fully saturated rings. The Hall–Kier alpha value is 0.540. The summed E-state index contributed by atoms with van der Waals surface area (Å²) in [6.45, 7) is 4.42. The number of benzene rings is 1. The van der Waals surface area contributed by atoms with Crippen LogP contribution in [0.4, 0.5) is 4.39 Å². The van der Waals surface area contributed by atoms with Gasteiger partial charge in [-0.3, -0.25) is 11.3 Å². The highest BCUT2D eigenvalue weighted by atomic mass is 79.9. The molecule has 1 aromatic rings. The Kier molecular flexibility index (Phi) is 6.09. The minimum absolute atomic E-state index is 0.109. The minimum Gasteiger partial charge on any atom is -0.271 e. The maximum Gasteiger partial charge on any atom is 0.147 e. The molecule has 20 heavy (non-hydrogen) atoms. The highest BCUT2D eigenvalue weighted by molar-refractivity contribution is 9.10. The smallest absolute Gasteiger partial charge is 0.147 e. The maximum absolute atomic E-state index is 14.4. The topological polar surface area (TPSA) is 38.0 Å². The summed E-state index contributed by atoms with van der Waals surface area (Å²) in [4.78, 5) is 0. The number of nitrogens with two attached hydrogens (primary N) is 1. The van der Waals surface area contributed by atoms with Crippen molar-refractivity contribution in [2.24, 2.45) is 5.84 Å². The molecular formula is C13H17BrClFN2S2. The van der Waals surface area contributed by atoms with E-state index < -0.39 is 5.82 Å². The van der Waals surface area contributed by atoms with Crippen molar-refractivity contribution in [2.45, 2.75) is 35.6 Å². The highest BCUT2D eigenvalue weighted by Crippen LogP contribution is 2.42. The first kappa shape index (κ1) is 16.9. The van der Waals surface area contributed by atoms with Crippen LogP contribution in [0.2, 0.25) is 5.02 Å². The molecule has 2 rings (SSSR count). The molecule has 2 nitrogen and oxygen atoms in total. The Balaban J connectivity index is 2.27. The minimum atomic E-state index is -0.402. The van der Waals surface area contributed by atoms with E-state index in [1.807, 2.05) is 23.5 Å². The first-order valence-electron chi connectivity index (χ1n) is 6.32. The van der Waals surface area contributed by atoms with Crippen molar-refractivity contribution in [3.63, 3.8) is 0 Å². The van der Waals surface area contributed by atoms with Crippen LogP contribution in [-0.2, 0) is 0 Å². The molecule has 0 spiro atoms. The molecule has 3 N–H and O–H groups in total. The Morgan fingerprint density at radius 3 is 2.75 bits per heavy atom. The number of hydrogen-bond acceptors (Lipinski definition) is 4. The third kappa shape index (κ3) is 3.47. The van der Waals surface area contributed by atoms with Gasteiger partial charge in [-0.2, -0.15) is 23.5 Å². The van der Waals surface area contributed by atoms with E-state index in [4.69, 9.17) is 17.4 Å². The molecule has 7 heteroatoms. The van der Waals surface area contributed by atoms with Gasteiger partial charge in [-0.25, -0.2) is 4.39 Å². The van der Waals surface area contributed by atoms with Crippen LogP contribution in [0.3, 0.4) is 0 Å². The van der Waals surface area contributed by atoms with E-state index in [1.54, 1.807) is 12.1 Å². The lowest BCUT2D eigenvalue weighted by atomic mass is 10.0. The van der Waals surface area contributed by atoms with Gasteiger partial charge < -0.3 is 0 Å². The van der Waals surface area contributed by atoms with Gasteiger partial charge in [0.15, 0.2) is 0 Å². The molecule has 0 aromatic heterocycles. The average Bonchev–Trinajstić information content (AvgIpc) is 2.43. The molecule has 0 radical (unpaired) electrons. The molecular weight excluding hydrogens is 383 g/mol. The molecule has 0 saturated carbocycles. The Labute approximate surface area is 140 Å². The van der Waals surface area contributed by atoms with E-state index >= 15 is 0 Å². The van der Waals surface area contributed by atoms with Gasteiger partial charge in [0.2, 0.25) is 0 Å². The van der Waals surface area contributed by atoms with E-state index in [1.165, 1.54) is 0 Å². The second-order valence-corrected chi connectivity index (χ2v) is 9.09. The van der Waals surface area contributed by atoms with Gasteiger partial charge in [-0.05, 0) is 22.0 Å². The largest absolute Gasteiger partial charge is 0.271 e. The number of hydrazine groups is 1. The van der Waals surface area contributed by atoms with Crippen LogP contribution in [0.1, 0.15) is 25.5 Å². The molecule has 112 valence electrons. The summed E-state index contributed by atoms with van der Waals surface area (Å²) in [5.74, 6) is 6.22. The maximum atomic E-state index is 14.4. The summed E-state index contributed by atoms with van der Waals surface area (Å²) in [6.07, 6.45) is 0. The first-order chi connectivity index (χ1) is 9.45. The predicted octanol–water partition coefficient (Wildman–Crippen LogP) is 4.37. The predicted molar refractivity (Wildman–Crippen MR) is 91.9 cm³/mol. The summed E-state index contributed by atoms with van der Waals surface area (Å²) in [5.41, 5.74) is 3.29. The lowest BCUT2D eigenvalue weighted by Gasteiger charge is -2.36. The van der Waals surface area contributed by atoms with Crippen LogP contribution in [0.15, 0.2) is 16.6 Å². The van der Waals surface area contributed by atoms with Gasteiger partial charge in [0, 0.05) is 31.5 Å². The van der Waals surface area contributed by atoms with E-state index in [-0.39, 0.29) is 16.3 Å². The number of hydrogen-bond donors (Lipinski definition) is 2. The van der Waals surface area contributed by atoms with Crippen molar-refractivity contribution in [1.29, 1.82) is 0 Å². The lowest BCUT2D eigenvalue weighted by molar-refractivity contribution is 0.509. The number of nitrogens with one attached hydrogen (secondary N) is 1. The molecule has 1 saturated heterocycles. The van der Waals surface area contributed by atoms with Crippen LogP contribution in [-0.4, -0.2) is 21.5 Å². The average molecular weight is 400 g/mol. The van der Waals surface area contributed by atoms with Gasteiger partial charge in [0.25, 0.3) is 0 Å². The Morgan fingerprint density at radius 1 is 1.45 bits per heavy atom. The fourth-order valence-electron chi connectivity index (χ4n) is 2.16. The van der Waals surface area contributed by atoms with Crippen LogP contribution < -0.4 is 11.3 Å². The van der Waals surface area contributed by atoms with Crippen molar-refractivity contribution in [3.05, 3.63) is 33.0 Å². The summed E-state index contributed by atoms with van der Waals surface area (Å²) in [7, 11) is 0. The molecule has 4 atom stereocenters. The van der Waals surface area contributed by atoms with E-state index in [2.05, 4.69) is 35.2 Å². The molecule has 1 heterocycles. The standard InChI is InChI=1S/C13H17BrClFN2S2/c1-6-7(2)20-10(5-19-6)13(18-17)8-3-4-9(14)11(15)12(8)16/h3-4,6-7,10,13,18H,5,17H2,1-2H3. The van der Waals surface area contributed by atoms with Crippen molar-refractivity contribution >= 4 is 51.1 Å². The first-order valence-corrected chi connectivity index (χ1v) is 9.48. The van der Waals surface area contributed by atoms with Crippen LogP contribution in [0.25, 0.3) is 0 Å². The van der Waals surface area contributed by atoms with Crippen LogP contribution in [0, 0.1) is 5.82 Å². The molecule has 1 aliphatic rings. The third-order valence-corrected chi connectivity index (χ3v) is 8.28. The fraction of sp³-hybridized carbons (Fsp3) is 0.538. The molecule has 1 aliphatic heterocycles. The zero-order valence-corrected chi connectivity index (χ0v) is 15.2. The molecule has 0 bridgehead atoms. The van der Waals surface area contributed by atoms with Gasteiger partial charge in [0.05, 0.1) is 11.1 Å². The number of thioether (sulfide) groups is 2. The van der Waals surface area contributed by atoms with E-state index in [0.717, 1.165) is 5.75 Å².